The van der Waals surface area contributed by atoms with Gasteiger partial charge >= 0.3 is 7.25 Å². The molecule has 0 aromatic rings. The van der Waals surface area contributed by atoms with Crippen molar-refractivity contribution in [3.8, 4) is 0 Å². The second kappa shape index (κ2) is 11.7. The van der Waals surface area contributed by atoms with Crippen LogP contribution in [0, 0.1) is 0 Å². The van der Waals surface area contributed by atoms with Crippen molar-refractivity contribution in [2.24, 2.45) is 0 Å². The van der Waals surface area contributed by atoms with Gasteiger partial charge in [-0.05, 0) is 49.6 Å². The Labute approximate surface area is 141 Å². The first-order chi connectivity index (χ1) is 10.9. The predicted octanol–water partition coefficient (Wildman–Crippen LogP) is 7.62. The van der Waals surface area contributed by atoms with Crippen LogP contribution in [0.1, 0.15) is 90.4 Å². The number of hydrogen-bond acceptors (Lipinski definition) is 0. The SMILES string of the molecule is CCCCCP(C1CCCCC1)C1CCCCC1.F[B-](F)(F)F. The van der Waals surface area contributed by atoms with Gasteiger partial charge in [-0.15, -0.1) is 7.92 Å². The van der Waals surface area contributed by atoms with E-state index in [1.807, 2.05) is 0 Å². The molecule has 0 aromatic heterocycles. The minimum absolute atomic E-state index is 0.391. The van der Waals surface area contributed by atoms with Crippen molar-refractivity contribution in [3.63, 3.8) is 0 Å². The number of halogens is 4. The van der Waals surface area contributed by atoms with Crippen molar-refractivity contribution < 1.29 is 17.3 Å². The summed E-state index contributed by atoms with van der Waals surface area (Å²) in [5, 5.41) is 0. The Balaban J connectivity index is 0.000000463. The minimum atomic E-state index is -6.00. The molecule has 0 aliphatic heterocycles. The molecule has 0 spiro atoms. The largest absolute Gasteiger partial charge is 0.673 e. The molecule has 0 aromatic carbocycles. The van der Waals surface area contributed by atoms with E-state index in [2.05, 4.69) is 6.92 Å². The summed E-state index contributed by atoms with van der Waals surface area (Å²) in [7, 11) is -5.61. The molecule has 2 aliphatic rings. The highest BCUT2D eigenvalue weighted by Gasteiger charge is 2.30. The molecule has 0 bridgehead atoms. The molecule has 6 heteroatoms. The number of rotatable bonds is 6. The van der Waals surface area contributed by atoms with E-state index in [1.165, 1.54) is 43.4 Å². The van der Waals surface area contributed by atoms with Crippen LogP contribution in [0.2, 0.25) is 0 Å². The van der Waals surface area contributed by atoms with Gasteiger partial charge in [-0.3, -0.25) is 0 Å². The molecule has 0 nitrogen and oxygen atoms in total. The smallest absolute Gasteiger partial charge is 0.418 e. The van der Waals surface area contributed by atoms with Crippen molar-refractivity contribution in [1.82, 2.24) is 0 Å². The van der Waals surface area contributed by atoms with Crippen LogP contribution in [0.15, 0.2) is 0 Å². The Bertz CT molecular complexity index is 263. The molecule has 0 radical (unpaired) electrons. The predicted molar refractivity (Wildman–Crippen MR) is 95.2 cm³/mol. The van der Waals surface area contributed by atoms with E-state index in [1.54, 1.807) is 57.5 Å². The third kappa shape index (κ3) is 10.6. The van der Waals surface area contributed by atoms with E-state index in [0.717, 1.165) is 0 Å². The molecule has 2 aliphatic carbocycles. The minimum Gasteiger partial charge on any atom is -0.418 e. The Morgan fingerprint density at radius 1 is 0.739 bits per heavy atom. The summed E-state index contributed by atoms with van der Waals surface area (Å²) in [5.74, 6) is 0. The third-order valence-corrected chi connectivity index (χ3v) is 8.85. The fourth-order valence-corrected chi connectivity index (χ4v) is 8.01. The van der Waals surface area contributed by atoms with Crippen LogP contribution in [0.3, 0.4) is 0 Å². The van der Waals surface area contributed by atoms with Crippen molar-refractivity contribution in [2.75, 3.05) is 6.16 Å². The molecule has 0 N–H and O–H groups in total. The fourth-order valence-electron chi connectivity index (χ4n) is 4.03. The molecule has 2 saturated carbocycles. The summed E-state index contributed by atoms with van der Waals surface area (Å²) in [4.78, 5) is 0. The van der Waals surface area contributed by atoms with Gasteiger partial charge in [-0.25, -0.2) is 0 Å². The highest BCUT2D eigenvalue weighted by atomic mass is 31.1. The molecule has 2 fully saturated rings. The third-order valence-electron chi connectivity index (χ3n) is 5.11. The zero-order valence-corrected chi connectivity index (χ0v) is 15.5. The molecular weight excluding hydrogens is 322 g/mol. The standard InChI is InChI=1S/C17H33P.BF4/c1-2-3-10-15-18(16-11-6-4-7-12-16)17-13-8-5-9-14-17;2-1(3,4)5/h16-17H,2-15H2,1H3;/q;-1. The van der Waals surface area contributed by atoms with Crippen LogP contribution in [0.25, 0.3) is 0 Å². The normalized spacial score (nSPS) is 21.1. The monoisotopic (exact) mass is 355 g/mol. The van der Waals surface area contributed by atoms with E-state index in [4.69, 9.17) is 0 Å². The zero-order chi connectivity index (χ0) is 17.1. The van der Waals surface area contributed by atoms with Gasteiger partial charge in [0.1, 0.15) is 0 Å². The average molecular weight is 355 g/mol. The Morgan fingerprint density at radius 2 is 1.13 bits per heavy atom. The van der Waals surface area contributed by atoms with E-state index in [0.29, 0.717) is 7.92 Å². The quantitative estimate of drug-likeness (QED) is 0.199. The van der Waals surface area contributed by atoms with Crippen LogP contribution in [-0.2, 0) is 0 Å². The van der Waals surface area contributed by atoms with E-state index in [-0.39, 0.29) is 0 Å². The highest BCUT2D eigenvalue weighted by molar-refractivity contribution is 7.59. The summed E-state index contributed by atoms with van der Waals surface area (Å²) in [6, 6.07) is 0. The first-order valence-electron chi connectivity index (χ1n) is 9.55. The summed E-state index contributed by atoms with van der Waals surface area (Å²) in [6.45, 7) is 2.35. The summed E-state index contributed by atoms with van der Waals surface area (Å²) >= 11 is 0. The van der Waals surface area contributed by atoms with Crippen molar-refractivity contribution >= 4 is 15.2 Å². The summed E-state index contributed by atoms with van der Waals surface area (Å²) < 4.78 is 39.0. The maximum absolute atomic E-state index is 9.75. The topological polar surface area (TPSA) is 0 Å². The van der Waals surface area contributed by atoms with Gasteiger partial charge in [-0.2, -0.15) is 0 Å². The van der Waals surface area contributed by atoms with Crippen LogP contribution >= 0.6 is 7.92 Å². The second-order valence-electron chi connectivity index (χ2n) is 7.02. The van der Waals surface area contributed by atoms with Crippen LogP contribution in [0.4, 0.5) is 17.3 Å². The van der Waals surface area contributed by atoms with Gasteiger partial charge in [0, 0.05) is 0 Å². The molecule has 23 heavy (non-hydrogen) atoms. The van der Waals surface area contributed by atoms with Crippen molar-refractivity contribution in [3.05, 3.63) is 0 Å². The van der Waals surface area contributed by atoms with E-state index >= 15 is 0 Å². The molecule has 0 heterocycles. The Kier molecular flexibility index (Phi) is 10.8. The first-order valence-corrected chi connectivity index (χ1v) is 11.2. The van der Waals surface area contributed by atoms with Gasteiger partial charge in [0.2, 0.25) is 0 Å². The molecule has 0 atom stereocenters. The number of unbranched alkanes of at least 4 members (excludes halogenated alkanes) is 2. The molecule has 0 saturated heterocycles. The average Bonchev–Trinajstić information content (AvgIpc) is 2.52. The summed E-state index contributed by atoms with van der Waals surface area (Å²) in [5.41, 5.74) is 2.35. The maximum Gasteiger partial charge on any atom is 0.673 e. The summed E-state index contributed by atoms with van der Waals surface area (Å²) in [6.07, 6.45) is 21.6. The zero-order valence-electron chi connectivity index (χ0n) is 14.6. The molecule has 138 valence electrons. The Hall–Kier alpha value is 0.215. The van der Waals surface area contributed by atoms with Gasteiger partial charge < -0.3 is 17.3 Å². The molecule has 2 rings (SSSR count). The van der Waals surface area contributed by atoms with Gasteiger partial charge in [0.15, 0.2) is 0 Å². The van der Waals surface area contributed by atoms with Crippen molar-refractivity contribution in [1.29, 1.82) is 0 Å². The van der Waals surface area contributed by atoms with Crippen LogP contribution in [0.5, 0.6) is 0 Å². The lowest BCUT2D eigenvalue weighted by atomic mass is 9.99. The van der Waals surface area contributed by atoms with Crippen LogP contribution in [-0.4, -0.2) is 24.7 Å². The second-order valence-corrected chi connectivity index (χ2v) is 9.96. The Morgan fingerprint density at radius 3 is 1.48 bits per heavy atom. The highest BCUT2D eigenvalue weighted by Crippen LogP contribution is 2.56. The van der Waals surface area contributed by atoms with Crippen molar-refractivity contribution in [2.45, 2.75) is 102 Å². The maximum atomic E-state index is 9.75. The van der Waals surface area contributed by atoms with Gasteiger partial charge in [0.05, 0.1) is 0 Å². The van der Waals surface area contributed by atoms with E-state index in [9.17, 15) is 17.3 Å². The molecular formula is C17H33BF4P-. The molecule has 0 unspecified atom stereocenters. The lowest BCUT2D eigenvalue weighted by Gasteiger charge is -2.38. The lowest BCUT2D eigenvalue weighted by Crippen LogP contribution is -2.22. The van der Waals surface area contributed by atoms with Gasteiger partial charge in [0.25, 0.3) is 0 Å². The van der Waals surface area contributed by atoms with Gasteiger partial charge in [-0.1, -0.05) is 58.3 Å². The van der Waals surface area contributed by atoms with E-state index < -0.39 is 7.25 Å². The lowest BCUT2D eigenvalue weighted by molar-refractivity contribution is 0.368. The molecule has 0 amide bonds. The fraction of sp³-hybridized carbons (Fsp3) is 1.00. The number of hydrogen-bond donors (Lipinski definition) is 0. The van der Waals surface area contributed by atoms with Crippen LogP contribution < -0.4 is 0 Å². The first kappa shape index (κ1) is 21.3.